The van der Waals surface area contributed by atoms with Crippen LogP contribution < -0.4 is 10.5 Å². The summed E-state index contributed by atoms with van der Waals surface area (Å²) in [7, 11) is -3.45. The zero-order chi connectivity index (χ0) is 14.0. The molecule has 0 radical (unpaired) electrons. The molecule has 0 amide bonds. The summed E-state index contributed by atoms with van der Waals surface area (Å²) >= 11 is 4.69. The molecule has 0 spiro atoms. The van der Waals surface area contributed by atoms with Gasteiger partial charge in [-0.05, 0) is 40.8 Å². The van der Waals surface area contributed by atoms with E-state index in [4.69, 9.17) is 5.73 Å². The molecule has 0 bridgehead atoms. The van der Waals surface area contributed by atoms with E-state index in [0.29, 0.717) is 21.1 Å². The Labute approximate surface area is 127 Å². The van der Waals surface area contributed by atoms with Crippen LogP contribution in [-0.4, -0.2) is 14.5 Å². The van der Waals surface area contributed by atoms with Gasteiger partial charge < -0.3 is 5.73 Å². The van der Waals surface area contributed by atoms with Crippen molar-refractivity contribution < 1.29 is 8.42 Å². The van der Waals surface area contributed by atoms with E-state index in [9.17, 15) is 8.42 Å². The van der Waals surface area contributed by atoms with E-state index in [1.807, 2.05) is 6.92 Å². The lowest BCUT2D eigenvalue weighted by Gasteiger charge is -2.16. The standard InChI is InChI=1S/C12H19BrN2O2S2/c1-2-9(5-8-3-4-8)15-19(16,17)11-6-10(7-14)18-12(11)13/h6,8-9,15H,2-5,7,14H2,1H3. The number of nitrogens with one attached hydrogen (secondary N) is 1. The maximum absolute atomic E-state index is 12.4. The Bertz CT molecular complexity index is 538. The van der Waals surface area contributed by atoms with Gasteiger partial charge in [-0.1, -0.05) is 19.8 Å². The first-order valence-electron chi connectivity index (χ1n) is 6.46. The third-order valence-electron chi connectivity index (χ3n) is 3.33. The molecular weight excluding hydrogens is 348 g/mol. The lowest BCUT2D eigenvalue weighted by molar-refractivity contribution is 0.495. The summed E-state index contributed by atoms with van der Waals surface area (Å²) < 4.78 is 28.2. The summed E-state index contributed by atoms with van der Waals surface area (Å²) in [5, 5.41) is 0. The number of halogens is 1. The quantitative estimate of drug-likeness (QED) is 0.778. The van der Waals surface area contributed by atoms with Crippen LogP contribution in [0.1, 0.15) is 37.5 Å². The molecule has 2 rings (SSSR count). The van der Waals surface area contributed by atoms with Gasteiger partial charge in [-0.2, -0.15) is 0 Å². The van der Waals surface area contributed by atoms with Crippen molar-refractivity contribution in [3.63, 3.8) is 0 Å². The lowest BCUT2D eigenvalue weighted by Crippen LogP contribution is -2.34. The number of thiophene rings is 1. The number of rotatable bonds is 7. The summed E-state index contributed by atoms with van der Waals surface area (Å²) in [5.74, 6) is 0.707. The summed E-state index contributed by atoms with van der Waals surface area (Å²) in [4.78, 5) is 1.18. The summed E-state index contributed by atoms with van der Waals surface area (Å²) in [6, 6.07) is 1.69. The second-order valence-corrected chi connectivity index (χ2v) is 9.10. The maximum atomic E-state index is 12.4. The molecule has 1 aromatic rings. The van der Waals surface area contributed by atoms with Gasteiger partial charge in [0.25, 0.3) is 0 Å². The topological polar surface area (TPSA) is 72.2 Å². The Kier molecular flexibility index (Phi) is 5.05. The second-order valence-electron chi connectivity index (χ2n) is 4.96. The molecule has 1 aliphatic carbocycles. The molecule has 1 aromatic heterocycles. The molecule has 1 atom stereocenters. The van der Waals surface area contributed by atoms with Crippen molar-refractivity contribution in [2.75, 3.05) is 0 Å². The highest BCUT2D eigenvalue weighted by atomic mass is 79.9. The van der Waals surface area contributed by atoms with Crippen LogP contribution in [0.3, 0.4) is 0 Å². The number of hydrogen-bond donors (Lipinski definition) is 2. The minimum Gasteiger partial charge on any atom is -0.326 e. The Morgan fingerprint density at radius 2 is 2.26 bits per heavy atom. The first-order valence-corrected chi connectivity index (χ1v) is 9.56. The lowest BCUT2D eigenvalue weighted by atomic mass is 10.1. The maximum Gasteiger partial charge on any atom is 0.242 e. The van der Waals surface area contributed by atoms with E-state index in [1.165, 1.54) is 24.2 Å². The smallest absolute Gasteiger partial charge is 0.242 e. The molecule has 4 nitrogen and oxygen atoms in total. The van der Waals surface area contributed by atoms with E-state index < -0.39 is 10.0 Å². The summed E-state index contributed by atoms with van der Waals surface area (Å²) in [6.07, 6.45) is 4.23. The highest BCUT2D eigenvalue weighted by Gasteiger charge is 2.29. The van der Waals surface area contributed by atoms with Crippen molar-refractivity contribution in [2.24, 2.45) is 11.7 Å². The van der Waals surface area contributed by atoms with Crippen LogP contribution in [0.15, 0.2) is 14.7 Å². The molecule has 0 saturated heterocycles. The van der Waals surface area contributed by atoms with Gasteiger partial charge in [-0.25, -0.2) is 13.1 Å². The Balaban J connectivity index is 2.13. The van der Waals surface area contributed by atoms with Gasteiger partial charge >= 0.3 is 0 Å². The van der Waals surface area contributed by atoms with Gasteiger partial charge in [0.2, 0.25) is 10.0 Å². The molecule has 0 aromatic carbocycles. The second kappa shape index (κ2) is 6.22. The summed E-state index contributed by atoms with van der Waals surface area (Å²) in [6.45, 7) is 2.38. The van der Waals surface area contributed by atoms with Crippen LogP contribution >= 0.6 is 27.3 Å². The monoisotopic (exact) mass is 366 g/mol. The molecule has 1 aliphatic rings. The predicted molar refractivity (Wildman–Crippen MR) is 81.7 cm³/mol. The average Bonchev–Trinajstić information content (AvgIpc) is 3.08. The summed E-state index contributed by atoms with van der Waals surface area (Å²) in [5.41, 5.74) is 5.55. The number of sulfonamides is 1. The van der Waals surface area contributed by atoms with Gasteiger partial charge in [0.05, 0.1) is 3.79 Å². The molecule has 108 valence electrons. The van der Waals surface area contributed by atoms with Crippen molar-refractivity contribution >= 4 is 37.3 Å². The largest absolute Gasteiger partial charge is 0.326 e. The fourth-order valence-electron chi connectivity index (χ4n) is 2.02. The zero-order valence-corrected chi connectivity index (χ0v) is 14.1. The van der Waals surface area contributed by atoms with Gasteiger partial charge in [-0.15, -0.1) is 11.3 Å². The third kappa shape index (κ3) is 4.01. The van der Waals surface area contributed by atoms with E-state index in [2.05, 4.69) is 20.7 Å². The zero-order valence-electron chi connectivity index (χ0n) is 10.9. The molecule has 0 aliphatic heterocycles. The predicted octanol–water partition coefficient (Wildman–Crippen LogP) is 2.83. The van der Waals surface area contributed by atoms with E-state index in [0.717, 1.165) is 17.7 Å². The minimum absolute atomic E-state index is 0.0330. The van der Waals surface area contributed by atoms with Crippen molar-refractivity contribution in [1.82, 2.24) is 4.72 Å². The van der Waals surface area contributed by atoms with Gasteiger partial charge in [-0.3, -0.25) is 0 Å². The average molecular weight is 367 g/mol. The van der Waals surface area contributed by atoms with Crippen LogP contribution in [0.5, 0.6) is 0 Å². The molecule has 19 heavy (non-hydrogen) atoms. The van der Waals surface area contributed by atoms with Crippen LogP contribution in [0, 0.1) is 5.92 Å². The van der Waals surface area contributed by atoms with Crippen molar-refractivity contribution in [3.8, 4) is 0 Å². The third-order valence-corrected chi connectivity index (χ3v) is 7.12. The van der Waals surface area contributed by atoms with E-state index >= 15 is 0 Å². The highest BCUT2D eigenvalue weighted by molar-refractivity contribution is 9.11. The first-order chi connectivity index (χ1) is 8.96. The molecule has 1 heterocycles. The Morgan fingerprint density at radius 3 is 2.74 bits per heavy atom. The molecule has 1 fully saturated rings. The van der Waals surface area contributed by atoms with E-state index in [1.54, 1.807) is 6.07 Å². The fourth-order valence-corrected chi connectivity index (χ4v) is 5.91. The van der Waals surface area contributed by atoms with Crippen LogP contribution in [-0.2, 0) is 16.6 Å². The number of hydrogen-bond acceptors (Lipinski definition) is 4. The fraction of sp³-hybridized carbons (Fsp3) is 0.667. The molecule has 7 heteroatoms. The van der Waals surface area contributed by atoms with Crippen LogP contribution in [0.2, 0.25) is 0 Å². The van der Waals surface area contributed by atoms with Crippen LogP contribution in [0.4, 0.5) is 0 Å². The molecular formula is C12H19BrN2O2S2. The Morgan fingerprint density at radius 1 is 1.58 bits per heavy atom. The Hall–Kier alpha value is 0.0500. The van der Waals surface area contributed by atoms with Gasteiger partial charge in [0.15, 0.2) is 0 Å². The number of nitrogens with two attached hydrogens (primary N) is 1. The molecule has 3 N–H and O–H groups in total. The normalized spacial score (nSPS) is 17.6. The van der Waals surface area contributed by atoms with Crippen molar-refractivity contribution in [3.05, 3.63) is 14.7 Å². The highest BCUT2D eigenvalue weighted by Crippen LogP contribution is 2.35. The minimum atomic E-state index is -3.45. The van der Waals surface area contributed by atoms with Crippen molar-refractivity contribution in [2.45, 2.75) is 50.1 Å². The van der Waals surface area contributed by atoms with Gasteiger partial charge in [0, 0.05) is 17.5 Å². The SMILES string of the molecule is CCC(CC1CC1)NS(=O)(=O)c1cc(CN)sc1Br. The van der Waals surface area contributed by atoms with Crippen LogP contribution in [0.25, 0.3) is 0 Å². The van der Waals surface area contributed by atoms with Gasteiger partial charge in [0.1, 0.15) is 4.90 Å². The molecule has 1 unspecified atom stereocenters. The van der Waals surface area contributed by atoms with E-state index in [-0.39, 0.29) is 6.04 Å². The van der Waals surface area contributed by atoms with Crippen molar-refractivity contribution in [1.29, 1.82) is 0 Å². The molecule has 1 saturated carbocycles. The first kappa shape index (κ1) is 15.4.